The van der Waals surface area contributed by atoms with Crippen LogP contribution in [0.5, 0.6) is 0 Å². The van der Waals surface area contributed by atoms with E-state index in [9.17, 15) is 4.79 Å². The molecule has 1 aliphatic rings. The first-order chi connectivity index (χ1) is 11.1. The van der Waals surface area contributed by atoms with E-state index in [-0.39, 0.29) is 12.0 Å². The minimum atomic E-state index is -0.0824. The first-order valence-corrected chi connectivity index (χ1v) is 8.87. The van der Waals surface area contributed by atoms with E-state index in [0.29, 0.717) is 23.1 Å². The maximum Gasteiger partial charge on any atom is 0.261 e. The van der Waals surface area contributed by atoms with Gasteiger partial charge in [-0.1, -0.05) is 19.0 Å². The molecule has 1 N–H and O–H groups in total. The molecule has 0 bridgehead atoms. The molecule has 0 saturated carbocycles. The number of thiophene rings is 1. The Labute approximate surface area is 140 Å². The summed E-state index contributed by atoms with van der Waals surface area (Å²) >= 11 is 1.50. The van der Waals surface area contributed by atoms with Gasteiger partial charge in [-0.25, -0.2) is 0 Å². The van der Waals surface area contributed by atoms with Gasteiger partial charge in [-0.2, -0.15) is 0 Å². The Hall–Kier alpha value is -1.66. The largest absolute Gasteiger partial charge is 0.373 e. The zero-order valence-corrected chi connectivity index (χ0v) is 14.3. The molecule has 1 fully saturated rings. The molecule has 3 heterocycles. The number of rotatable bonds is 6. The highest BCUT2D eigenvalue weighted by molar-refractivity contribution is 7.14. The highest BCUT2D eigenvalue weighted by Crippen LogP contribution is 2.33. The van der Waals surface area contributed by atoms with Crippen molar-refractivity contribution in [3.63, 3.8) is 0 Å². The predicted octanol–water partition coefficient (Wildman–Crippen LogP) is 3.72. The summed E-state index contributed by atoms with van der Waals surface area (Å²) in [6.07, 6.45) is 3.18. The lowest BCUT2D eigenvalue weighted by molar-refractivity contribution is 0.0951. The van der Waals surface area contributed by atoms with E-state index in [4.69, 9.17) is 9.26 Å². The summed E-state index contributed by atoms with van der Waals surface area (Å²) in [5.41, 5.74) is 0.932. The summed E-state index contributed by atoms with van der Waals surface area (Å²) in [4.78, 5) is 14.1. The number of hydrogen-bond acceptors (Lipinski definition) is 5. The molecule has 0 aromatic carbocycles. The Morgan fingerprint density at radius 3 is 3.09 bits per heavy atom. The second kappa shape index (κ2) is 7.27. The minimum Gasteiger partial charge on any atom is -0.373 e. The SMILES string of the molecule is CC(C)Cc1cc(CNC(=O)c2ccc(C3CCCO3)s2)on1. The van der Waals surface area contributed by atoms with Gasteiger partial charge in [0.1, 0.15) is 0 Å². The molecular weight excluding hydrogens is 312 g/mol. The molecule has 1 atom stereocenters. The third-order valence-electron chi connectivity index (χ3n) is 3.75. The van der Waals surface area contributed by atoms with Crippen LogP contribution in [0.3, 0.4) is 0 Å². The normalized spacial score (nSPS) is 17.8. The van der Waals surface area contributed by atoms with E-state index in [1.807, 2.05) is 18.2 Å². The van der Waals surface area contributed by atoms with Crippen molar-refractivity contribution in [1.82, 2.24) is 10.5 Å². The van der Waals surface area contributed by atoms with Crippen molar-refractivity contribution in [2.45, 2.75) is 45.8 Å². The molecule has 2 aromatic heterocycles. The van der Waals surface area contributed by atoms with Gasteiger partial charge in [0, 0.05) is 17.6 Å². The fourth-order valence-corrected chi connectivity index (χ4v) is 3.67. The summed E-state index contributed by atoms with van der Waals surface area (Å²) in [7, 11) is 0. The molecular formula is C17H22N2O3S. The Bertz CT molecular complexity index is 656. The van der Waals surface area contributed by atoms with Crippen LogP contribution in [0.2, 0.25) is 0 Å². The number of hydrogen-bond donors (Lipinski definition) is 1. The van der Waals surface area contributed by atoms with Crippen molar-refractivity contribution in [3.05, 3.63) is 39.4 Å². The van der Waals surface area contributed by atoms with Crippen LogP contribution in [0.4, 0.5) is 0 Å². The van der Waals surface area contributed by atoms with Gasteiger partial charge >= 0.3 is 0 Å². The van der Waals surface area contributed by atoms with Crippen LogP contribution in [-0.2, 0) is 17.7 Å². The molecule has 6 heteroatoms. The topological polar surface area (TPSA) is 64.4 Å². The molecule has 1 unspecified atom stereocenters. The fourth-order valence-electron chi connectivity index (χ4n) is 2.66. The van der Waals surface area contributed by atoms with Crippen LogP contribution in [0.1, 0.15) is 58.8 Å². The van der Waals surface area contributed by atoms with Crippen LogP contribution in [-0.4, -0.2) is 17.7 Å². The number of amides is 1. The van der Waals surface area contributed by atoms with E-state index >= 15 is 0 Å². The number of aromatic nitrogens is 1. The summed E-state index contributed by atoms with van der Waals surface area (Å²) < 4.78 is 10.9. The van der Waals surface area contributed by atoms with Crippen LogP contribution < -0.4 is 5.32 Å². The molecule has 0 aliphatic carbocycles. The monoisotopic (exact) mass is 334 g/mol. The van der Waals surface area contributed by atoms with E-state index in [2.05, 4.69) is 24.3 Å². The zero-order valence-electron chi connectivity index (χ0n) is 13.5. The van der Waals surface area contributed by atoms with Gasteiger partial charge in [-0.3, -0.25) is 4.79 Å². The van der Waals surface area contributed by atoms with E-state index in [1.54, 1.807) is 0 Å². The van der Waals surface area contributed by atoms with Crippen LogP contribution in [0.25, 0.3) is 0 Å². The van der Waals surface area contributed by atoms with Crippen LogP contribution >= 0.6 is 11.3 Å². The standard InChI is InChI=1S/C17H22N2O3S/c1-11(2)8-12-9-13(22-19-12)10-18-17(20)16-6-5-15(23-16)14-4-3-7-21-14/h5-6,9,11,14H,3-4,7-8,10H2,1-2H3,(H,18,20). The third kappa shape index (κ3) is 4.20. The van der Waals surface area contributed by atoms with Gasteiger partial charge in [0.15, 0.2) is 5.76 Å². The lowest BCUT2D eigenvalue weighted by atomic mass is 10.1. The van der Waals surface area contributed by atoms with Gasteiger partial charge in [0.25, 0.3) is 5.91 Å². The molecule has 0 radical (unpaired) electrons. The molecule has 1 aliphatic heterocycles. The van der Waals surface area contributed by atoms with Gasteiger partial charge in [0.2, 0.25) is 0 Å². The number of carbonyl (C=O) groups excluding carboxylic acids is 1. The number of nitrogens with zero attached hydrogens (tertiary/aromatic N) is 1. The van der Waals surface area contributed by atoms with Crippen molar-refractivity contribution in [1.29, 1.82) is 0 Å². The Kier molecular flexibility index (Phi) is 5.13. The van der Waals surface area contributed by atoms with Gasteiger partial charge in [-0.05, 0) is 37.3 Å². The summed E-state index contributed by atoms with van der Waals surface area (Å²) in [6.45, 7) is 5.45. The first-order valence-electron chi connectivity index (χ1n) is 8.06. The van der Waals surface area contributed by atoms with E-state index < -0.39 is 0 Å². The summed E-state index contributed by atoms with van der Waals surface area (Å²) in [5.74, 6) is 1.14. The second-order valence-corrected chi connectivity index (χ2v) is 7.38. The average Bonchev–Trinajstić information content (AvgIpc) is 3.24. The van der Waals surface area contributed by atoms with E-state index in [0.717, 1.165) is 36.4 Å². The lowest BCUT2D eigenvalue weighted by Gasteiger charge is -2.05. The highest BCUT2D eigenvalue weighted by atomic mass is 32.1. The Balaban J connectivity index is 1.53. The maximum absolute atomic E-state index is 12.2. The predicted molar refractivity (Wildman–Crippen MR) is 88.5 cm³/mol. The fraction of sp³-hybridized carbons (Fsp3) is 0.529. The second-order valence-electron chi connectivity index (χ2n) is 6.27. The molecule has 124 valence electrons. The molecule has 1 saturated heterocycles. The summed E-state index contributed by atoms with van der Waals surface area (Å²) in [5, 5.41) is 6.91. The minimum absolute atomic E-state index is 0.0824. The number of carbonyl (C=O) groups is 1. The number of ether oxygens (including phenoxy) is 1. The van der Waals surface area contributed by atoms with E-state index in [1.165, 1.54) is 11.3 Å². The molecule has 23 heavy (non-hydrogen) atoms. The smallest absolute Gasteiger partial charge is 0.261 e. The van der Waals surface area contributed by atoms with Crippen molar-refractivity contribution < 1.29 is 14.1 Å². The van der Waals surface area contributed by atoms with Gasteiger partial charge in [0.05, 0.1) is 23.2 Å². The summed E-state index contributed by atoms with van der Waals surface area (Å²) in [6, 6.07) is 5.76. The van der Waals surface area contributed by atoms with Crippen molar-refractivity contribution in [2.24, 2.45) is 5.92 Å². The van der Waals surface area contributed by atoms with Gasteiger partial charge in [-0.15, -0.1) is 11.3 Å². The van der Waals surface area contributed by atoms with Crippen molar-refractivity contribution in [2.75, 3.05) is 6.61 Å². The quantitative estimate of drug-likeness (QED) is 0.874. The van der Waals surface area contributed by atoms with Crippen LogP contribution in [0, 0.1) is 5.92 Å². The Morgan fingerprint density at radius 1 is 1.48 bits per heavy atom. The first kappa shape index (κ1) is 16.2. The highest BCUT2D eigenvalue weighted by Gasteiger charge is 2.21. The maximum atomic E-state index is 12.2. The van der Waals surface area contributed by atoms with Crippen LogP contribution in [0.15, 0.2) is 22.7 Å². The molecule has 1 amide bonds. The Morgan fingerprint density at radius 2 is 2.35 bits per heavy atom. The molecule has 3 rings (SSSR count). The average molecular weight is 334 g/mol. The van der Waals surface area contributed by atoms with Crippen molar-refractivity contribution >= 4 is 17.2 Å². The molecule has 2 aromatic rings. The zero-order chi connectivity index (χ0) is 16.2. The van der Waals surface area contributed by atoms with Crippen molar-refractivity contribution in [3.8, 4) is 0 Å². The molecule has 0 spiro atoms. The van der Waals surface area contributed by atoms with Gasteiger partial charge < -0.3 is 14.6 Å². The lowest BCUT2D eigenvalue weighted by Crippen LogP contribution is -2.21. The number of nitrogens with one attached hydrogen (secondary N) is 1. The molecule has 5 nitrogen and oxygen atoms in total. The third-order valence-corrected chi connectivity index (χ3v) is 4.92.